The highest BCUT2D eigenvalue weighted by atomic mass is 79.9. The number of nitrogens with zero attached hydrogens (tertiary/aromatic N) is 1. The second-order valence-corrected chi connectivity index (χ2v) is 5.45. The molecule has 0 radical (unpaired) electrons. The van der Waals surface area contributed by atoms with Gasteiger partial charge in [-0.05, 0) is 34.1 Å². The van der Waals surface area contributed by atoms with Crippen LogP contribution in [0.5, 0.6) is 0 Å². The summed E-state index contributed by atoms with van der Waals surface area (Å²) in [6.45, 7) is 3.57. The van der Waals surface area contributed by atoms with Crippen LogP contribution < -0.4 is 4.90 Å². The first-order valence-electron chi connectivity index (χ1n) is 5.30. The van der Waals surface area contributed by atoms with Crippen molar-refractivity contribution >= 4 is 39.0 Å². The molecule has 1 unspecified atom stereocenters. The third-order valence-corrected chi connectivity index (χ3v) is 3.79. The molecular weight excluding hydrogens is 289 g/mol. The minimum absolute atomic E-state index is 0.122. The summed E-state index contributed by atoms with van der Waals surface area (Å²) in [4.78, 5) is 13.7. The molecule has 0 N–H and O–H groups in total. The van der Waals surface area contributed by atoms with Gasteiger partial charge in [0.1, 0.15) is 5.78 Å². The van der Waals surface area contributed by atoms with Crippen LogP contribution in [0.25, 0.3) is 0 Å². The van der Waals surface area contributed by atoms with Gasteiger partial charge < -0.3 is 4.90 Å². The zero-order valence-electron chi connectivity index (χ0n) is 9.04. The quantitative estimate of drug-likeness (QED) is 0.791. The number of anilines is 1. The van der Waals surface area contributed by atoms with E-state index in [0.717, 1.165) is 28.3 Å². The van der Waals surface area contributed by atoms with E-state index in [1.165, 1.54) is 0 Å². The minimum Gasteiger partial charge on any atom is -0.369 e. The summed E-state index contributed by atoms with van der Waals surface area (Å²) >= 11 is 9.41. The van der Waals surface area contributed by atoms with Crippen molar-refractivity contribution in [1.82, 2.24) is 0 Å². The number of Topliss-reactive ketones (excluding diaryl/α,β-unsaturated/α-hetero) is 1. The van der Waals surface area contributed by atoms with E-state index >= 15 is 0 Å². The van der Waals surface area contributed by atoms with Crippen LogP contribution in [0.2, 0.25) is 5.02 Å². The molecule has 2 nitrogen and oxygen atoms in total. The molecule has 86 valence electrons. The zero-order chi connectivity index (χ0) is 11.7. The smallest absolute Gasteiger partial charge is 0.139 e. The molecule has 1 atom stereocenters. The number of benzene rings is 1. The van der Waals surface area contributed by atoms with Gasteiger partial charge in [-0.1, -0.05) is 18.5 Å². The van der Waals surface area contributed by atoms with Crippen molar-refractivity contribution < 1.29 is 4.79 Å². The van der Waals surface area contributed by atoms with E-state index in [4.69, 9.17) is 11.6 Å². The third kappa shape index (κ3) is 2.41. The number of carbonyl (C=O) groups excluding carboxylic acids is 1. The molecule has 1 saturated heterocycles. The van der Waals surface area contributed by atoms with Crippen LogP contribution >= 0.6 is 27.5 Å². The Labute approximate surface area is 109 Å². The van der Waals surface area contributed by atoms with E-state index in [0.29, 0.717) is 12.2 Å². The summed E-state index contributed by atoms with van der Waals surface area (Å²) in [7, 11) is 0. The number of rotatable bonds is 1. The number of halogens is 2. The Hall–Kier alpha value is -0.540. The lowest BCUT2D eigenvalue weighted by Gasteiger charge is -2.32. The maximum absolute atomic E-state index is 11.5. The lowest BCUT2D eigenvalue weighted by Crippen LogP contribution is -2.39. The van der Waals surface area contributed by atoms with Crippen molar-refractivity contribution in [2.45, 2.75) is 13.3 Å². The predicted octanol–water partition coefficient (Wildman–Crippen LogP) is 3.52. The van der Waals surface area contributed by atoms with E-state index in [1.807, 2.05) is 25.1 Å². The van der Waals surface area contributed by atoms with Gasteiger partial charge in [0.2, 0.25) is 0 Å². The molecule has 16 heavy (non-hydrogen) atoms. The molecule has 0 aromatic heterocycles. The van der Waals surface area contributed by atoms with E-state index in [-0.39, 0.29) is 5.92 Å². The van der Waals surface area contributed by atoms with Crippen molar-refractivity contribution in [3.05, 3.63) is 27.7 Å². The van der Waals surface area contributed by atoms with Crippen LogP contribution in [0, 0.1) is 5.92 Å². The molecule has 2 rings (SSSR count). The summed E-state index contributed by atoms with van der Waals surface area (Å²) in [5.41, 5.74) is 1.11. The fourth-order valence-electron chi connectivity index (χ4n) is 1.97. The van der Waals surface area contributed by atoms with E-state index in [1.54, 1.807) is 0 Å². The highest BCUT2D eigenvalue weighted by Crippen LogP contribution is 2.31. The Morgan fingerprint density at radius 1 is 1.50 bits per heavy atom. The number of ketones is 1. The van der Waals surface area contributed by atoms with Crippen molar-refractivity contribution in [3.8, 4) is 0 Å². The number of piperidine rings is 1. The second-order valence-electron chi connectivity index (χ2n) is 4.16. The van der Waals surface area contributed by atoms with Crippen molar-refractivity contribution in [2.24, 2.45) is 5.92 Å². The van der Waals surface area contributed by atoms with Crippen LogP contribution in [0.4, 0.5) is 5.69 Å². The Morgan fingerprint density at radius 3 is 2.88 bits per heavy atom. The molecule has 1 aliphatic rings. The van der Waals surface area contributed by atoms with Gasteiger partial charge in [-0.25, -0.2) is 0 Å². The summed E-state index contributed by atoms with van der Waals surface area (Å²) < 4.78 is 0.988. The van der Waals surface area contributed by atoms with Gasteiger partial charge in [0.15, 0.2) is 0 Å². The first-order valence-corrected chi connectivity index (χ1v) is 6.47. The van der Waals surface area contributed by atoms with Crippen LogP contribution in [0.15, 0.2) is 22.7 Å². The van der Waals surface area contributed by atoms with Crippen molar-refractivity contribution in [1.29, 1.82) is 0 Å². The SMILES string of the molecule is CC1CN(c2ccc(Cl)cc2Br)CCC1=O. The van der Waals surface area contributed by atoms with Gasteiger partial charge in [0, 0.05) is 34.9 Å². The number of hydrogen-bond acceptors (Lipinski definition) is 2. The number of carbonyl (C=O) groups is 1. The van der Waals surface area contributed by atoms with Crippen LogP contribution in [0.1, 0.15) is 13.3 Å². The minimum atomic E-state index is 0.122. The zero-order valence-corrected chi connectivity index (χ0v) is 11.4. The highest BCUT2D eigenvalue weighted by molar-refractivity contribution is 9.10. The summed E-state index contributed by atoms with van der Waals surface area (Å²) in [5.74, 6) is 0.484. The van der Waals surface area contributed by atoms with Gasteiger partial charge in [0.25, 0.3) is 0 Å². The van der Waals surface area contributed by atoms with Gasteiger partial charge in [-0.3, -0.25) is 4.79 Å². The molecule has 0 saturated carbocycles. The van der Waals surface area contributed by atoms with E-state index in [9.17, 15) is 4.79 Å². The third-order valence-electron chi connectivity index (χ3n) is 2.92. The summed E-state index contributed by atoms with van der Waals surface area (Å²) in [6.07, 6.45) is 0.635. The molecule has 0 spiro atoms. The number of hydrogen-bond donors (Lipinski definition) is 0. The first-order chi connectivity index (χ1) is 7.58. The average molecular weight is 303 g/mol. The van der Waals surface area contributed by atoms with E-state index in [2.05, 4.69) is 20.8 Å². The molecule has 1 heterocycles. The maximum atomic E-state index is 11.5. The second kappa shape index (κ2) is 4.76. The lowest BCUT2D eigenvalue weighted by atomic mass is 9.98. The van der Waals surface area contributed by atoms with E-state index < -0.39 is 0 Å². The van der Waals surface area contributed by atoms with Crippen LogP contribution in [0.3, 0.4) is 0 Å². The Balaban J connectivity index is 2.21. The Kier molecular flexibility index (Phi) is 3.55. The van der Waals surface area contributed by atoms with Crippen molar-refractivity contribution in [2.75, 3.05) is 18.0 Å². The monoisotopic (exact) mass is 301 g/mol. The average Bonchev–Trinajstić information content (AvgIpc) is 2.22. The predicted molar refractivity (Wildman–Crippen MR) is 70.2 cm³/mol. The molecular formula is C12H13BrClNO. The fraction of sp³-hybridized carbons (Fsp3) is 0.417. The molecule has 1 fully saturated rings. The molecule has 1 aromatic rings. The lowest BCUT2D eigenvalue weighted by molar-refractivity contribution is -0.122. The molecule has 0 amide bonds. The molecule has 0 aliphatic carbocycles. The van der Waals surface area contributed by atoms with Gasteiger partial charge >= 0.3 is 0 Å². The fourth-order valence-corrected chi connectivity index (χ4v) is 2.91. The highest BCUT2D eigenvalue weighted by Gasteiger charge is 2.24. The maximum Gasteiger partial charge on any atom is 0.139 e. The topological polar surface area (TPSA) is 20.3 Å². The Bertz CT molecular complexity index is 421. The van der Waals surface area contributed by atoms with Gasteiger partial charge in [-0.2, -0.15) is 0 Å². The molecule has 1 aromatic carbocycles. The van der Waals surface area contributed by atoms with Crippen LogP contribution in [-0.2, 0) is 4.79 Å². The summed E-state index contributed by atoms with van der Waals surface area (Å²) in [5, 5.41) is 0.719. The largest absolute Gasteiger partial charge is 0.369 e. The van der Waals surface area contributed by atoms with Crippen LogP contribution in [-0.4, -0.2) is 18.9 Å². The molecule has 0 bridgehead atoms. The Morgan fingerprint density at radius 2 is 2.25 bits per heavy atom. The normalized spacial score (nSPS) is 21.3. The molecule has 1 aliphatic heterocycles. The molecule has 4 heteroatoms. The van der Waals surface area contributed by atoms with Gasteiger partial charge in [-0.15, -0.1) is 0 Å². The first kappa shape index (κ1) is 11.9. The van der Waals surface area contributed by atoms with Crippen molar-refractivity contribution in [3.63, 3.8) is 0 Å². The standard InChI is InChI=1S/C12H13BrClNO/c1-8-7-15(5-4-12(8)16)11-3-2-9(14)6-10(11)13/h2-3,6,8H,4-5,7H2,1H3. The summed E-state index contributed by atoms with van der Waals surface area (Å²) in [6, 6.07) is 5.76. The van der Waals surface area contributed by atoms with Gasteiger partial charge in [0.05, 0.1) is 5.69 Å².